The van der Waals surface area contributed by atoms with Gasteiger partial charge in [-0.1, -0.05) is 6.07 Å². The van der Waals surface area contributed by atoms with E-state index < -0.39 is 28.3 Å². The molecule has 1 fully saturated rings. The highest BCUT2D eigenvalue weighted by atomic mass is 32.2. The van der Waals surface area contributed by atoms with Gasteiger partial charge in [0.25, 0.3) is 5.91 Å². The summed E-state index contributed by atoms with van der Waals surface area (Å²) in [5, 5.41) is 10.4. The standard InChI is InChI=1S/C22H20F2N4O3S/c23-17-2-1-3-18(24)19(17)16-12-26-28-21(22(25)29)20(16)27-13-4-6-14(7-5-13)31-15-8-10-32(30)11-9-15/h1-7,12,15H,8-11H2,(H2,25,29)(H,26,27). The Balaban J connectivity index is 1.62. The van der Waals surface area contributed by atoms with Crippen LogP contribution in [-0.4, -0.2) is 37.9 Å². The molecule has 0 bridgehead atoms. The van der Waals surface area contributed by atoms with Gasteiger partial charge in [0.2, 0.25) is 0 Å². The summed E-state index contributed by atoms with van der Waals surface area (Å²) >= 11 is 0. The summed E-state index contributed by atoms with van der Waals surface area (Å²) in [5.74, 6) is -0.623. The number of hydrogen-bond acceptors (Lipinski definition) is 6. The zero-order chi connectivity index (χ0) is 22.7. The van der Waals surface area contributed by atoms with E-state index in [9.17, 15) is 17.8 Å². The van der Waals surface area contributed by atoms with Gasteiger partial charge in [-0.25, -0.2) is 8.78 Å². The fourth-order valence-electron chi connectivity index (χ4n) is 3.47. The van der Waals surface area contributed by atoms with E-state index in [1.165, 1.54) is 12.3 Å². The zero-order valence-electron chi connectivity index (χ0n) is 16.9. The summed E-state index contributed by atoms with van der Waals surface area (Å²) in [5.41, 5.74) is 5.40. The molecule has 166 valence electrons. The van der Waals surface area contributed by atoms with E-state index in [2.05, 4.69) is 15.5 Å². The molecule has 0 atom stereocenters. The van der Waals surface area contributed by atoms with Gasteiger partial charge >= 0.3 is 0 Å². The number of amides is 1. The molecule has 1 aromatic heterocycles. The van der Waals surface area contributed by atoms with Gasteiger partial charge in [-0.15, -0.1) is 5.10 Å². The topological polar surface area (TPSA) is 107 Å². The van der Waals surface area contributed by atoms with Gasteiger partial charge in [0.15, 0.2) is 5.69 Å². The Bertz CT molecular complexity index is 1140. The van der Waals surface area contributed by atoms with Crippen LogP contribution in [0.1, 0.15) is 23.3 Å². The van der Waals surface area contributed by atoms with Crippen LogP contribution in [0.25, 0.3) is 11.1 Å². The number of carbonyl (C=O) groups excluding carboxylic acids is 1. The molecule has 2 aromatic carbocycles. The minimum absolute atomic E-state index is 0.00741. The van der Waals surface area contributed by atoms with Crippen molar-refractivity contribution >= 4 is 28.1 Å². The van der Waals surface area contributed by atoms with Crippen LogP contribution in [0.2, 0.25) is 0 Å². The van der Waals surface area contributed by atoms with E-state index >= 15 is 0 Å². The van der Waals surface area contributed by atoms with E-state index in [0.29, 0.717) is 22.9 Å². The number of ether oxygens (including phenoxy) is 1. The monoisotopic (exact) mass is 458 g/mol. The number of rotatable bonds is 6. The lowest BCUT2D eigenvalue weighted by atomic mass is 10.0. The quantitative estimate of drug-likeness (QED) is 0.585. The third-order valence-electron chi connectivity index (χ3n) is 5.08. The number of hydrogen-bond donors (Lipinski definition) is 2. The van der Waals surface area contributed by atoms with Crippen molar-refractivity contribution in [3.05, 3.63) is 66.0 Å². The Labute approximate surface area is 185 Å². The molecule has 0 saturated carbocycles. The van der Waals surface area contributed by atoms with Crippen LogP contribution in [0.15, 0.2) is 48.7 Å². The molecule has 0 unspecified atom stereocenters. The smallest absolute Gasteiger partial charge is 0.271 e. The molecule has 0 spiro atoms. The molecule has 0 radical (unpaired) electrons. The second-order valence-electron chi connectivity index (χ2n) is 7.26. The number of carbonyl (C=O) groups is 1. The predicted molar refractivity (Wildman–Crippen MR) is 117 cm³/mol. The van der Waals surface area contributed by atoms with Gasteiger partial charge < -0.3 is 15.8 Å². The number of primary amides is 1. The van der Waals surface area contributed by atoms with Crippen LogP contribution in [-0.2, 0) is 10.8 Å². The Kier molecular flexibility index (Phi) is 6.40. The molecule has 1 aliphatic heterocycles. The number of anilines is 2. The first kappa shape index (κ1) is 21.8. The summed E-state index contributed by atoms with van der Waals surface area (Å²) in [6.45, 7) is 0. The van der Waals surface area contributed by atoms with E-state index in [4.69, 9.17) is 10.5 Å². The lowest BCUT2D eigenvalue weighted by Crippen LogP contribution is -2.27. The maximum atomic E-state index is 14.4. The van der Waals surface area contributed by atoms with Gasteiger partial charge in [-0.2, -0.15) is 5.10 Å². The first-order chi connectivity index (χ1) is 15.4. The van der Waals surface area contributed by atoms with Crippen LogP contribution < -0.4 is 15.8 Å². The molecule has 3 N–H and O–H groups in total. The van der Waals surface area contributed by atoms with Crippen molar-refractivity contribution in [2.75, 3.05) is 16.8 Å². The van der Waals surface area contributed by atoms with Gasteiger partial charge in [0.1, 0.15) is 23.5 Å². The molecule has 10 heteroatoms. The van der Waals surface area contributed by atoms with Gasteiger partial charge in [0.05, 0.1) is 17.4 Å². The summed E-state index contributed by atoms with van der Waals surface area (Å²) in [4.78, 5) is 11.9. The normalized spacial score (nSPS) is 18.2. The number of benzene rings is 2. The molecule has 3 aromatic rings. The van der Waals surface area contributed by atoms with Gasteiger partial charge in [0, 0.05) is 33.6 Å². The first-order valence-electron chi connectivity index (χ1n) is 9.91. The van der Waals surface area contributed by atoms with Crippen molar-refractivity contribution in [3.8, 4) is 16.9 Å². The molecule has 2 heterocycles. The number of nitrogens with one attached hydrogen (secondary N) is 1. The number of nitrogens with zero attached hydrogens (tertiary/aromatic N) is 2. The maximum Gasteiger partial charge on any atom is 0.271 e. The van der Waals surface area contributed by atoms with Crippen LogP contribution in [0.4, 0.5) is 20.2 Å². The molecular weight excluding hydrogens is 438 g/mol. The minimum atomic E-state index is -0.895. The summed E-state index contributed by atoms with van der Waals surface area (Å²) in [6, 6.07) is 10.3. The highest BCUT2D eigenvalue weighted by Crippen LogP contribution is 2.35. The van der Waals surface area contributed by atoms with Crippen molar-refractivity contribution in [1.82, 2.24) is 10.2 Å². The minimum Gasteiger partial charge on any atom is -0.490 e. The lowest BCUT2D eigenvalue weighted by molar-refractivity contribution is 0.0995. The average molecular weight is 458 g/mol. The molecule has 7 nitrogen and oxygen atoms in total. The Morgan fingerprint density at radius 3 is 2.38 bits per heavy atom. The molecule has 1 aliphatic rings. The Hall–Kier alpha value is -3.40. The fraction of sp³-hybridized carbons (Fsp3) is 0.227. The van der Waals surface area contributed by atoms with Gasteiger partial charge in [-0.3, -0.25) is 9.00 Å². The molecule has 1 saturated heterocycles. The SMILES string of the molecule is NC(=O)c1nncc(-c2c(F)cccc2F)c1Nc1ccc(OC2CCS(=O)CC2)cc1. The van der Waals surface area contributed by atoms with E-state index in [1.807, 2.05) is 0 Å². The van der Waals surface area contributed by atoms with Crippen LogP contribution in [0.5, 0.6) is 5.75 Å². The average Bonchev–Trinajstić information content (AvgIpc) is 2.77. The number of aromatic nitrogens is 2. The third-order valence-corrected chi connectivity index (χ3v) is 6.46. The fourth-order valence-corrected chi connectivity index (χ4v) is 4.73. The molecular formula is C22H20F2N4O3S. The molecule has 32 heavy (non-hydrogen) atoms. The van der Waals surface area contributed by atoms with Crippen molar-refractivity contribution < 1.29 is 22.5 Å². The molecule has 4 rings (SSSR count). The second kappa shape index (κ2) is 9.39. The van der Waals surface area contributed by atoms with Crippen molar-refractivity contribution in [1.29, 1.82) is 0 Å². The van der Waals surface area contributed by atoms with Crippen LogP contribution in [0.3, 0.4) is 0 Å². The van der Waals surface area contributed by atoms with Crippen molar-refractivity contribution in [2.45, 2.75) is 18.9 Å². The highest BCUT2D eigenvalue weighted by molar-refractivity contribution is 7.85. The van der Waals surface area contributed by atoms with E-state index in [0.717, 1.165) is 25.0 Å². The second-order valence-corrected chi connectivity index (χ2v) is 8.95. The first-order valence-corrected chi connectivity index (χ1v) is 11.4. The Morgan fingerprint density at radius 1 is 1.09 bits per heavy atom. The predicted octanol–water partition coefficient (Wildman–Crippen LogP) is 3.55. The molecule has 1 amide bonds. The van der Waals surface area contributed by atoms with Crippen molar-refractivity contribution in [2.24, 2.45) is 5.73 Å². The zero-order valence-corrected chi connectivity index (χ0v) is 17.7. The van der Waals surface area contributed by atoms with E-state index in [1.54, 1.807) is 24.3 Å². The maximum absolute atomic E-state index is 14.4. The molecule has 0 aliphatic carbocycles. The van der Waals surface area contributed by atoms with E-state index in [-0.39, 0.29) is 28.6 Å². The lowest BCUT2D eigenvalue weighted by Gasteiger charge is -2.23. The highest BCUT2D eigenvalue weighted by Gasteiger charge is 2.22. The summed E-state index contributed by atoms with van der Waals surface area (Å²) in [6.07, 6.45) is 2.64. The third kappa shape index (κ3) is 4.75. The number of halogens is 2. The van der Waals surface area contributed by atoms with Crippen LogP contribution >= 0.6 is 0 Å². The van der Waals surface area contributed by atoms with Crippen molar-refractivity contribution in [3.63, 3.8) is 0 Å². The van der Waals surface area contributed by atoms with Crippen LogP contribution in [0, 0.1) is 11.6 Å². The van der Waals surface area contributed by atoms with Gasteiger partial charge in [-0.05, 0) is 49.2 Å². The number of nitrogens with two attached hydrogens (primary N) is 1. The Morgan fingerprint density at radius 2 is 1.75 bits per heavy atom. The largest absolute Gasteiger partial charge is 0.490 e. The summed E-state index contributed by atoms with van der Waals surface area (Å²) in [7, 11) is -0.765. The summed E-state index contributed by atoms with van der Waals surface area (Å²) < 4.78 is 46.3.